The number of rotatable bonds is 5. The van der Waals surface area contributed by atoms with Gasteiger partial charge in [0.15, 0.2) is 0 Å². The first-order chi connectivity index (χ1) is 7.34. The maximum Gasteiger partial charge on any atom is 0.127 e. The van der Waals surface area contributed by atoms with Crippen molar-refractivity contribution >= 4 is 22.9 Å². The van der Waals surface area contributed by atoms with E-state index in [0.717, 1.165) is 29.4 Å². The Morgan fingerprint density at radius 3 is 3.07 bits per heavy atom. The van der Waals surface area contributed by atoms with E-state index in [2.05, 4.69) is 10.5 Å². The minimum absolute atomic E-state index is 0.839. The molecule has 2 aromatic rings. The Labute approximate surface area is 97.0 Å². The maximum absolute atomic E-state index is 5.82. The van der Waals surface area contributed by atoms with Crippen molar-refractivity contribution in [2.75, 3.05) is 6.54 Å². The molecular formula is C10H11ClN2OS. The molecule has 0 atom stereocenters. The SMILES string of the molecule is Clc1ccc(CNCCc2cnoc2)s1. The molecule has 0 aliphatic rings. The van der Waals surface area contributed by atoms with Gasteiger partial charge in [-0.3, -0.25) is 0 Å². The van der Waals surface area contributed by atoms with Gasteiger partial charge in [0, 0.05) is 17.0 Å². The fourth-order valence-corrected chi connectivity index (χ4v) is 2.30. The van der Waals surface area contributed by atoms with Crippen LogP contribution in [-0.4, -0.2) is 11.7 Å². The van der Waals surface area contributed by atoms with E-state index < -0.39 is 0 Å². The number of aromatic nitrogens is 1. The minimum Gasteiger partial charge on any atom is -0.364 e. The molecule has 0 amide bonds. The Hall–Kier alpha value is -0.840. The first-order valence-electron chi connectivity index (χ1n) is 4.68. The fourth-order valence-electron chi connectivity index (χ4n) is 1.24. The van der Waals surface area contributed by atoms with E-state index in [9.17, 15) is 0 Å². The van der Waals surface area contributed by atoms with Crippen LogP contribution in [-0.2, 0) is 13.0 Å². The number of hydrogen-bond acceptors (Lipinski definition) is 4. The lowest BCUT2D eigenvalue weighted by atomic mass is 10.2. The van der Waals surface area contributed by atoms with Crippen molar-refractivity contribution < 1.29 is 4.52 Å². The zero-order chi connectivity index (χ0) is 10.5. The highest BCUT2D eigenvalue weighted by atomic mass is 35.5. The third-order valence-corrected chi connectivity index (χ3v) is 3.23. The zero-order valence-corrected chi connectivity index (χ0v) is 9.64. The second-order valence-corrected chi connectivity index (χ2v) is 4.96. The highest BCUT2D eigenvalue weighted by Crippen LogP contribution is 2.20. The van der Waals surface area contributed by atoms with E-state index in [4.69, 9.17) is 16.1 Å². The van der Waals surface area contributed by atoms with Crippen LogP contribution in [0.25, 0.3) is 0 Å². The standard InChI is InChI=1S/C10H11ClN2OS/c11-10-2-1-9(15-10)6-12-4-3-8-5-13-14-7-8/h1-2,5,7,12H,3-4,6H2. The smallest absolute Gasteiger partial charge is 0.127 e. The van der Waals surface area contributed by atoms with Gasteiger partial charge >= 0.3 is 0 Å². The summed E-state index contributed by atoms with van der Waals surface area (Å²) in [5.41, 5.74) is 1.12. The molecule has 0 saturated heterocycles. The summed E-state index contributed by atoms with van der Waals surface area (Å²) in [7, 11) is 0. The Bertz CT molecular complexity index is 399. The predicted molar refractivity (Wildman–Crippen MR) is 61.2 cm³/mol. The summed E-state index contributed by atoms with van der Waals surface area (Å²) in [5.74, 6) is 0. The second-order valence-electron chi connectivity index (χ2n) is 3.17. The summed E-state index contributed by atoms with van der Waals surface area (Å²) < 4.78 is 5.58. The van der Waals surface area contributed by atoms with Gasteiger partial charge in [-0.25, -0.2) is 0 Å². The van der Waals surface area contributed by atoms with Gasteiger partial charge in [0.1, 0.15) is 6.26 Å². The lowest BCUT2D eigenvalue weighted by molar-refractivity contribution is 0.418. The van der Waals surface area contributed by atoms with Gasteiger partial charge in [-0.05, 0) is 25.1 Å². The van der Waals surface area contributed by atoms with Crippen LogP contribution in [0.4, 0.5) is 0 Å². The number of nitrogens with zero attached hydrogens (tertiary/aromatic N) is 1. The van der Waals surface area contributed by atoms with Gasteiger partial charge in [0.05, 0.1) is 10.5 Å². The molecule has 3 nitrogen and oxygen atoms in total. The molecule has 80 valence electrons. The number of halogens is 1. The third-order valence-electron chi connectivity index (χ3n) is 2.00. The van der Waals surface area contributed by atoms with Crippen LogP contribution in [0.2, 0.25) is 4.34 Å². The second kappa shape index (κ2) is 5.30. The van der Waals surface area contributed by atoms with Crippen molar-refractivity contribution in [2.45, 2.75) is 13.0 Å². The Kier molecular flexibility index (Phi) is 3.77. The van der Waals surface area contributed by atoms with Crippen LogP contribution in [0.5, 0.6) is 0 Å². The number of thiophene rings is 1. The van der Waals surface area contributed by atoms with E-state index in [1.807, 2.05) is 12.1 Å². The minimum atomic E-state index is 0.839. The molecule has 2 heterocycles. The molecule has 0 aliphatic heterocycles. The Morgan fingerprint density at radius 1 is 1.47 bits per heavy atom. The van der Waals surface area contributed by atoms with Gasteiger partial charge in [-0.15, -0.1) is 11.3 Å². The lowest BCUT2D eigenvalue weighted by Crippen LogP contribution is -2.15. The highest BCUT2D eigenvalue weighted by Gasteiger charge is 1.98. The van der Waals surface area contributed by atoms with Crippen molar-refractivity contribution in [3.05, 3.63) is 39.4 Å². The summed E-state index contributed by atoms with van der Waals surface area (Å²) >= 11 is 7.43. The van der Waals surface area contributed by atoms with Gasteiger partial charge in [0.2, 0.25) is 0 Å². The Morgan fingerprint density at radius 2 is 2.40 bits per heavy atom. The molecule has 0 radical (unpaired) electrons. The van der Waals surface area contributed by atoms with Crippen molar-refractivity contribution in [1.29, 1.82) is 0 Å². The molecule has 2 aromatic heterocycles. The third kappa shape index (κ3) is 3.34. The number of hydrogen-bond donors (Lipinski definition) is 1. The topological polar surface area (TPSA) is 38.1 Å². The van der Waals surface area contributed by atoms with Crippen molar-refractivity contribution in [3.8, 4) is 0 Å². The highest BCUT2D eigenvalue weighted by molar-refractivity contribution is 7.16. The van der Waals surface area contributed by atoms with Crippen molar-refractivity contribution in [2.24, 2.45) is 0 Å². The van der Waals surface area contributed by atoms with Gasteiger partial charge in [-0.2, -0.15) is 0 Å². The molecule has 2 rings (SSSR count). The number of nitrogens with one attached hydrogen (secondary N) is 1. The predicted octanol–water partition coefficient (Wildman–Crippen LogP) is 2.72. The van der Waals surface area contributed by atoms with Crippen LogP contribution in [0.3, 0.4) is 0 Å². The lowest BCUT2D eigenvalue weighted by Gasteiger charge is -2.00. The van der Waals surface area contributed by atoms with Gasteiger partial charge in [0.25, 0.3) is 0 Å². The average Bonchev–Trinajstić information content (AvgIpc) is 2.84. The van der Waals surface area contributed by atoms with Crippen molar-refractivity contribution in [1.82, 2.24) is 10.5 Å². The molecule has 0 aliphatic carbocycles. The van der Waals surface area contributed by atoms with E-state index in [1.54, 1.807) is 23.8 Å². The summed E-state index contributed by atoms with van der Waals surface area (Å²) in [4.78, 5) is 1.25. The van der Waals surface area contributed by atoms with Crippen molar-refractivity contribution in [3.63, 3.8) is 0 Å². The molecule has 0 spiro atoms. The van der Waals surface area contributed by atoms with Gasteiger partial charge in [-0.1, -0.05) is 16.8 Å². The largest absolute Gasteiger partial charge is 0.364 e. The molecule has 1 N–H and O–H groups in total. The van der Waals surface area contributed by atoms with Crippen LogP contribution in [0.1, 0.15) is 10.4 Å². The Balaban J connectivity index is 1.67. The summed E-state index contributed by atoms with van der Waals surface area (Å²) in [6, 6.07) is 3.96. The average molecular weight is 243 g/mol. The van der Waals surface area contributed by atoms with Crippen LogP contribution < -0.4 is 5.32 Å². The zero-order valence-electron chi connectivity index (χ0n) is 8.07. The summed E-state index contributed by atoms with van der Waals surface area (Å²) in [5, 5.41) is 6.98. The molecule has 0 fully saturated rings. The van der Waals surface area contributed by atoms with E-state index in [-0.39, 0.29) is 0 Å². The van der Waals surface area contributed by atoms with E-state index >= 15 is 0 Å². The monoisotopic (exact) mass is 242 g/mol. The summed E-state index contributed by atoms with van der Waals surface area (Å²) in [6.07, 6.45) is 4.34. The van der Waals surface area contributed by atoms with Crippen LogP contribution >= 0.6 is 22.9 Å². The molecule has 5 heteroatoms. The van der Waals surface area contributed by atoms with E-state index in [1.165, 1.54) is 4.88 Å². The normalized spacial score (nSPS) is 10.7. The molecule has 0 bridgehead atoms. The molecule has 0 saturated carbocycles. The first-order valence-corrected chi connectivity index (χ1v) is 5.87. The van der Waals surface area contributed by atoms with Crippen LogP contribution in [0, 0.1) is 0 Å². The van der Waals surface area contributed by atoms with E-state index in [0.29, 0.717) is 0 Å². The molecule has 0 aromatic carbocycles. The maximum atomic E-state index is 5.82. The molecular weight excluding hydrogens is 232 g/mol. The van der Waals surface area contributed by atoms with Gasteiger partial charge < -0.3 is 9.84 Å². The fraction of sp³-hybridized carbons (Fsp3) is 0.300. The molecule has 0 unspecified atom stereocenters. The first kappa shape index (κ1) is 10.7. The van der Waals surface area contributed by atoms with Crippen LogP contribution in [0.15, 0.2) is 29.1 Å². The summed E-state index contributed by atoms with van der Waals surface area (Å²) in [6.45, 7) is 1.78. The molecule has 15 heavy (non-hydrogen) atoms. The quantitative estimate of drug-likeness (QED) is 0.820.